The molecule has 1 heterocycles. The van der Waals surface area contributed by atoms with Crippen molar-refractivity contribution in [3.05, 3.63) is 41.7 Å². The van der Waals surface area contributed by atoms with Crippen LogP contribution in [-0.4, -0.2) is 27.3 Å². The predicted molar refractivity (Wildman–Crippen MR) is 83.5 cm³/mol. The number of aromatic nitrogens is 3. The standard InChI is InChI=1S/C16H21FN4O2/c1-4-23-14-6-5-12(9-13(14)17)11(2)19-16(22)8-7-15-20-18-10-21(15)3/h5-6,9-11H,4,7-8H2,1-3H3,(H,19,22). The van der Waals surface area contributed by atoms with Gasteiger partial charge in [0.2, 0.25) is 5.91 Å². The molecule has 0 aliphatic rings. The quantitative estimate of drug-likeness (QED) is 0.849. The van der Waals surface area contributed by atoms with Crippen molar-refractivity contribution < 1.29 is 13.9 Å². The van der Waals surface area contributed by atoms with E-state index in [2.05, 4.69) is 15.5 Å². The minimum absolute atomic E-state index is 0.116. The molecule has 1 aromatic heterocycles. The molecule has 1 unspecified atom stereocenters. The summed E-state index contributed by atoms with van der Waals surface area (Å²) in [6, 6.07) is 4.43. The van der Waals surface area contributed by atoms with Crippen LogP contribution in [0.3, 0.4) is 0 Å². The predicted octanol–water partition coefficient (Wildman–Crippen LogP) is 2.16. The lowest BCUT2D eigenvalue weighted by Crippen LogP contribution is -2.27. The van der Waals surface area contributed by atoms with Gasteiger partial charge in [-0.15, -0.1) is 10.2 Å². The Kier molecular flexibility index (Phi) is 5.67. The van der Waals surface area contributed by atoms with Crippen molar-refractivity contribution >= 4 is 5.91 Å². The van der Waals surface area contributed by atoms with E-state index >= 15 is 0 Å². The minimum atomic E-state index is -0.426. The Morgan fingerprint density at radius 1 is 1.48 bits per heavy atom. The molecule has 6 nitrogen and oxygen atoms in total. The van der Waals surface area contributed by atoms with Crippen molar-refractivity contribution in [2.45, 2.75) is 32.7 Å². The normalized spacial score (nSPS) is 12.0. The van der Waals surface area contributed by atoms with Gasteiger partial charge in [-0.05, 0) is 31.5 Å². The summed E-state index contributed by atoms with van der Waals surface area (Å²) in [7, 11) is 1.83. The van der Waals surface area contributed by atoms with Crippen LogP contribution in [0, 0.1) is 5.82 Å². The number of aryl methyl sites for hydroxylation is 2. The molecular weight excluding hydrogens is 299 g/mol. The van der Waals surface area contributed by atoms with Gasteiger partial charge in [0.1, 0.15) is 12.2 Å². The van der Waals surface area contributed by atoms with E-state index in [4.69, 9.17) is 4.74 Å². The number of ether oxygens (including phenoxy) is 1. The zero-order chi connectivity index (χ0) is 16.8. The summed E-state index contributed by atoms with van der Waals surface area (Å²) in [6.07, 6.45) is 2.40. The van der Waals surface area contributed by atoms with Crippen LogP contribution < -0.4 is 10.1 Å². The Morgan fingerprint density at radius 2 is 2.26 bits per heavy atom. The van der Waals surface area contributed by atoms with Crippen LogP contribution in [0.15, 0.2) is 24.5 Å². The Hall–Kier alpha value is -2.44. The first-order chi connectivity index (χ1) is 11.0. The van der Waals surface area contributed by atoms with Crippen LogP contribution in [0.25, 0.3) is 0 Å². The first-order valence-corrected chi connectivity index (χ1v) is 7.55. The van der Waals surface area contributed by atoms with Gasteiger partial charge in [-0.25, -0.2) is 4.39 Å². The maximum absolute atomic E-state index is 13.9. The molecule has 7 heteroatoms. The number of nitrogens with zero attached hydrogens (tertiary/aromatic N) is 3. The van der Waals surface area contributed by atoms with Gasteiger partial charge in [-0.2, -0.15) is 0 Å². The molecule has 0 saturated heterocycles. The summed E-state index contributed by atoms with van der Waals surface area (Å²) in [4.78, 5) is 12.0. The number of carbonyl (C=O) groups is 1. The Labute approximate surface area is 134 Å². The summed E-state index contributed by atoms with van der Waals surface area (Å²) in [5, 5.41) is 10.6. The third kappa shape index (κ3) is 4.51. The molecule has 0 aliphatic heterocycles. The SMILES string of the molecule is CCOc1ccc(C(C)NC(=O)CCc2nncn2C)cc1F. The summed E-state index contributed by atoms with van der Waals surface area (Å²) in [6.45, 7) is 4.02. The molecule has 2 aromatic rings. The van der Waals surface area contributed by atoms with E-state index in [9.17, 15) is 9.18 Å². The number of carbonyl (C=O) groups excluding carboxylic acids is 1. The van der Waals surface area contributed by atoms with E-state index in [0.717, 1.165) is 5.82 Å². The van der Waals surface area contributed by atoms with Gasteiger partial charge in [-0.3, -0.25) is 4.79 Å². The third-order valence-electron chi connectivity index (χ3n) is 3.51. The molecule has 124 valence electrons. The van der Waals surface area contributed by atoms with Crippen LogP contribution in [0.1, 0.15) is 37.7 Å². The number of hydrogen-bond acceptors (Lipinski definition) is 4. The van der Waals surface area contributed by atoms with Gasteiger partial charge < -0.3 is 14.6 Å². The Morgan fingerprint density at radius 3 is 2.87 bits per heavy atom. The van der Waals surface area contributed by atoms with Crippen LogP contribution >= 0.6 is 0 Å². The molecule has 0 aliphatic carbocycles. The highest BCUT2D eigenvalue weighted by atomic mass is 19.1. The Balaban J connectivity index is 1.90. The Bertz CT molecular complexity index is 672. The zero-order valence-corrected chi connectivity index (χ0v) is 13.5. The largest absolute Gasteiger partial charge is 0.491 e. The van der Waals surface area contributed by atoms with E-state index in [0.29, 0.717) is 25.0 Å². The molecular formula is C16H21FN4O2. The summed E-state index contributed by atoms with van der Waals surface area (Å²) in [5.41, 5.74) is 0.693. The minimum Gasteiger partial charge on any atom is -0.491 e. The van der Waals surface area contributed by atoms with E-state index < -0.39 is 5.82 Å². The highest BCUT2D eigenvalue weighted by Gasteiger charge is 2.13. The van der Waals surface area contributed by atoms with Crippen molar-refractivity contribution in [2.24, 2.45) is 7.05 Å². The van der Waals surface area contributed by atoms with Crippen LogP contribution in [-0.2, 0) is 18.3 Å². The van der Waals surface area contributed by atoms with E-state index in [1.807, 2.05) is 14.0 Å². The summed E-state index contributed by atoms with van der Waals surface area (Å²) < 4.78 is 20.8. The van der Waals surface area contributed by atoms with Gasteiger partial charge in [0.05, 0.1) is 12.6 Å². The average molecular weight is 320 g/mol. The molecule has 1 aromatic carbocycles. The number of rotatable bonds is 7. The fourth-order valence-corrected chi connectivity index (χ4v) is 2.21. The van der Waals surface area contributed by atoms with Crippen molar-refractivity contribution in [1.82, 2.24) is 20.1 Å². The van der Waals surface area contributed by atoms with E-state index in [1.54, 1.807) is 30.0 Å². The lowest BCUT2D eigenvalue weighted by molar-refractivity contribution is -0.121. The van der Waals surface area contributed by atoms with Gasteiger partial charge in [0, 0.05) is 19.9 Å². The molecule has 1 amide bonds. The van der Waals surface area contributed by atoms with E-state index in [-0.39, 0.29) is 17.7 Å². The van der Waals surface area contributed by atoms with Gasteiger partial charge in [0.25, 0.3) is 0 Å². The fourth-order valence-electron chi connectivity index (χ4n) is 2.21. The number of halogens is 1. The van der Waals surface area contributed by atoms with Crippen molar-refractivity contribution in [3.8, 4) is 5.75 Å². The molecule has 0 saturated carbocycles. The number of benzene rings is 1. The second-order valence-electron chi connectivity index (χ2n) is 5.27. The second-order valence-corrected chi connectivity index (χ2v) is 5.27. The lowest BCUT2D eigenvalue weighted by Gasteiger charge is -2.15. The molecule has 0 bridgehead atoms. The topological polar surface area (TPSA) is 69.0 Å². The highest BCUT2D eigenvalue weighted by molar-refractivity contribution is 5.76. The molecule has 2 rings (SSSR count). The molecule has 0 fully saturated rings. The summed E-state index contributed by atoms with van der Waals surface area (Å²) in [5.74, 6) is 0.427. The maximum Gasteiger partial charge on any atom is 0.220 e. The van der Waals surface area contributed by atoms with Crippen molar-refractivity contribution in [3.63, 3.8) is 0 Å². The van der Waals surface area contributed by atoms with Crippen LogP contribution in [0.2, 0.25) is 0 Å². The van der Waals surface area contributed by atoms with Gasteiger partial charge >= 0.3 is 0 Å². The monoisotopic (exact) mass is 320 g/mol. The number of amides is 1. The molecule has 1 atom stereocenters. The first-order valence-electron chi connectivity index (χ1n) is 7.55. The highest BCUT2D eigenvalue weighted by Crippen LogP contribution is 2.22. The fraction of sp³-hybridized carbons (Fsp3) is 0.438. The first kappa shape index (κ1) is 16.9. The molecule has 0 spiro atoms. The smallest absolute Gasteiger partial charge is 0.220 e. The maximum atomic E-state index is 13.9. The number of nitrogens with one attached hydrogen (secondary N) is 1. The van der Waals surface area contributed by atoms with Crippen molar-refractivity contribution in [1.29, 1.82) is 0 Å². The van der Waals surface area contributed by atoms with Gasteiger partial charge in [0.15, 0.2) is 11.6 Å². The van der Waals surface area contributed by atoms with Crippen LogP contribution in [0.5, 0.6) is 5.75 Å². The molecule has 0 radical (unpaired) electrons. The van der Waals surface area contributed by atoms with E-state index in [1.165, 1.54) is 6.07 Å². The average Bonchev–Trinajstić information content (AvgIpc) is 2.92. The molecule has 1 N–H and O–H groups in total. The molecule has 23 heavy (non-hydrogen) atoms. The second kappa shape index (κ2) is 7.71. The lowest BCUT2D eigenvalue weighted by atomic mass is 10.1. The zero-order valence-electron chi connectivity index (χ0n) is 13.5. The van der Waals surface area contributed by atoms with Gasteiger partial charge in [-0.1, -0.05) is 6.07 Å². The summed E-state index contributed by atoms with van der Waals surface area (Å²) >= 11 is 0. The third-order valence-corrected chi connectivity index (χ3v) is 3.51. The number of hydrogen-bond donors (Lipinski definition) is 1. The van der Waals surface area contributed by atoms with Crippen molar-refractivity contribution in [2.75, 3.05) is 6.61 Å². The van der Waals surface area contributed by atoms with Crippen LogP contribution in [0.4, 0.5) is 4.39 Å².